The first-order valence-corrected chi connectivity index (χ1v) is 6.62. The second-order valence-electron chi connectivity index (χ2n) is 5.60. The van der Waals surface area contributed by atoms with Gasteiger partial charge in [0.15, 0.2) is 0 Å². The Hall–Kier alpha value is -0.570. The molecule has 2 aliphatic carbocycles. The van der Waals surface area contributed by atoms with Crippen LogP contribution in [0.25, 0.3) is 0 Å². The van der Waals surface area contributed by atoms with Crippen LogP contribution in [0.5, 0.6) is 0 Å². The Bertz CT molecular complexity index is 242. The molecule has 0 radical (unpaired) electrons. The summed E-state index contributed by atoms with van der Waals surface area (Å²) in [6, 6.07) is 0. The zero-order valence-electron chi connectivity index (χ0n) is 10.0. The van der Waals surface area contributed by atoms with Gasteiger partial charge >= 0.3 is 0 Å². The first-order chi connectivity index (χ1) is 7.74. The molecular weight excluding hydrogens is 202 g/mol. The maximum Gasteiger partial charge on any atom is 0.220 e. The molecule has 2 rings (SSSR count). The van der Waals surface area contributed by atoms with Gasteiger partial charge in [-0.05, 0) is 43.4 Å². The first kappa shape index (κ1) is 11.9. The molecule has 2 N–H and O–H groups in total. The Labute approximate surface area is 97.6 Å². The molecule has 0 saturated heterocycles. The summed E-state index contributed by atoms with van der Waals surface area (Å²) in [5.41, 5.74) is 0.250. The highest BCUT2D eigenvalue weighted by Crippen LogP contribution is 2.47. The maximum absolute atomic E-state index is 11.7. The lowest BCUT2D eigenvalue weighted by Crippen LogP contribution is -2.31. The van der Waals surface area contributed by atoms with Gasteiger partial charge < -0.3 is 10.4 Å². The van der Waals surface area contributed by atoms with Crippen molar-refractivity contribution in [1.29, 1.82) is 0 Å². The quantitative estimate of drug-likeness (QED) is 0.724. The zero-order chi connectivity index (χ0) is 11.4. The summed E-state index contributed by atoms with van der Waals surface area (Å²) in [6.45, 7) is 1.03. The van der Waals surface area contributed by atoms with Gasteiger partial charge in [0.25, 0.3) is 0 Å². The van der Waals surface area contributed by atoms with E-state index in [-0.39, 0.29) is 17.9 Å². The number of hydrogen-bond donors (Lipinski definition) is 2. The number of amides is 1. The number of rotatable bonds is 6. The van der Waals surface area contributed by atoms with Crippen molar-refractivity contribution in [2.75, 3.05) is 13.2 Å². The highest BCUT2D eigenvalue weighted by molar-refractivity contribution is 5.76. The molecule has 1 amide bonds. The maximum atomic E-state index is 11.7. The van der Waals surface area contributed by atoms with Crippen molar-refractivity contribution >= 4 is 5.91 Å². The van der Waals surface area contributed by atoms with E-state index in [0.29, 0.717) is 5.92 Å². The third-order valence-corrected chi connectivity index (χ3v) is 4.21. The topological polar surface area (TPSA) is 49.3 Å². The van der Waals surface area contributed by atoms with E-state index in [1.54, 1.807) is 0 Å². The molecule has 2 saturated carbocycles. The van der Waals surface area contributed by atoms with Crippen LogP contribution in [-0.4, -0.2) is 24.2 Å². The number of hydrogen-bond acceptors (Lipinski definition) is 2. The van der Waals surface area contributed by atoms with E-state index >= 15 is 0 Å². The molecule has 2 aliphatic rings. The molecule has 0 heterocycles. The second kappa shape index (κ2) is 5.17. The first-order valence-electron chi connectivity index (χ1n) is 6.62. The number of aliphatic hydroxyl groups is 1. The average molecular weight is 225 g/mol. The van der Waals surface area contributed by atoms with Gasteiger partial charge in [-0.1, -0.05) is 12.8 Å². The molecule has 0 bridgehead atoms. The molecule has 2 fully saturated rings. The van der Waals surface area contributed by atoms with Crippen molar-refractivity contribution < 1.29 is 9.90 Å². The molecule has 0 unspecified atom stereocenters. The fourth-order valence-corrected chi connectivity index (χ4v) is 2.76. The van der Waals surface area contributed by atoms with E-state index in [9.17, 15) is 4.79 Å². The fraction of sp³-hybridized carbons (Fsp3) is 0.923. The normalized spacial score (nSPS) is 23.3. The predicted octanol–water partition coefficient (Wildman–Crippen LogP) is 1.85. The summed E-state index contributed by atoms with van der Waals surface area (Å²) in [5.74, 6) is 0.851. The molecule has 3 nitrogen and oxygen atoms in total. The van der Waals surface area contributed by atoms with Crippen molar-refractivity contribution in [2.45, 2.75) is 51.4 Å². The van der Waals surface area contributed by atoms with Gasteiger partial charge in [0, 0.05) is 19.6 Å². The van der Waals surface area contributed by atoms with Crippen molar-refractivity contribution in [1.82, 2.24) is 5.32 Å². The monoisotopic (exact) mass is 225 g/mol. The molecule has 0 aromatic carbocycles. The summed E-state index contributed by atoms with van der Waals surface area (Å²) in [4.78, 5) is 11.7. The Morgan fingerprint density at radius 1 is 1.31 bits per heavy atom. The standard InChI is InChI=1S/C13H23NO2/c15-8-7-13(5-6-13)10-14-12(16)9-11-3-1-2-4-11/h11,15H,1-10H2,(H,14,16). The van der Waals surface area contributed by atoms with E-state index in [1.807, 2.05) is 0 Å². The minimum atomic E-state index is 0.219. The highest BCUT2D eigenvalue weighted by atomic mass is 16.3. The largest absolute Gasteiger partial charge is 0.396 e. The Kier molecular flexibility index (Phi) is 3.85. The smallest absolute Gasteiger partial charge is 0.220 e. The molecule has 3 heteroatoms. The van der Waals surface area contributed by atoms with Crippen LogP contribution in [0, 0.1) is 11.3 Å². The number of carbonyl (C=O) groups excluding carboxylic acids is 1. The van der Waals surface area contributed by atoms with E-state index in [0.717, 1.165) is 32.2 Å². The van der Waals surface area contributed by atoms with Gasteiger partial charge in [0.05, 0.1) is 0 Å². The van der Waals surface area contributed by atoms with E-state index < -0.39 is 0 Å². The highest BCUT2D eigenvalue weighted by Gasteiger charge is 2.41. The van der Waals surface area contributed by atoms with Crippen LogP contribution >= 0.6 is 0 Å². The zero-order valence-corrected chi connectivity index (χ0v) is 10.0. The van der Waals surface area contributed by atoms with Gasteiger partial charge in [-0.3, -0.25) is 4.79 Å². The number of nitrogens with one attached hydrogen (secondary N) is 1. The van der Waals surface area contributed by atoms with E-state index in [4.69, 9.17) is 5.11 Å². The Morgan fingerprint density at radius 2 is 2.00 bits per heavy atom. The molecule has 0 aromatic heterocycles. The number of aliphatic hydroxyl groups excluding tert-OH is 1. The van der Waals surface area contributed by atoms with Gasteiger partial charge in [0.1, 0.15) is 0 Å². The third kappa shape index (κ3) is 3.21. The summed E-state index contributed by atoms with van der Waals surface area (Å²) >= 11 is 0. The summed E-state index contributed by atoms with van der Waals surface area (Å²) < 4.78 is 0. The lowest BCUT2D eigenvalue weighted by Gasteiger charge is -2.15. The van der Waals surface area contributed by atoms with E-state index in [2.05, 4.69) is 5.32 Å². The average Bonchev–Trinajstić information content (AvgIpc) is 2.83. The van der Waals surface area contributed by atoms with Crippen LogP contribution < -0.4 is 5.32 Å². The van der Waals surface area contributed by atoms with Crippen LogP contribution in [0.1, 0.15) is 51.4 Å². The summed E-state index contributed by atoms with van der Waals surface area (Å²) in [6.07, 6.45) is 8.95. The fourth-order valence-electron chi connectivity index (χ4n) is 2.76. The summed E-state index contributed by atoms with van der Waals surface area (Å²) in [7, 11) is 0. The number of carbonyl (C=O) groups is 1. The molecular formula is C13H23NO2. The predicted molar refractivity (Wildman–Crippen MR) is 63.0 cm³/mol. The second-order valence-corrected chi connectivity index (χ2v) is 5.60. The van der Waals surface area contributed by atoms with Crippen LogP contribution in [0.2, 0.25) is 0 Å². The molecule has 0 aliphatic heterocycles. The lowest BCUT2D eigenvalue weighted by molar-refractivity contribution is -0.122. The van der Waals surface area contributed by atoms with Crippen molar-refractivity contribution in [3.8, 4) is 0 Å². The van der Waals surface area contributed by atoms with Gasteiger partial charge in [-0.15, -0.1) is 0 Å². The SMILES string of the molecule is O=C(CC1CCCC1)NCC1(CCO)CC1. The minimum absolute atomic E-state index is 0.219. The van der Waals surface area contributed by atoms with Gasteiger partial charge in [-0.25, -0.2) is 0 Å². The van der Waals surface area contributed by atoms with Gasteiger partial charge in [-0.2, -0.15) is 0 Å². The summed E-state index contributed by atoms with van der Waals surface area (Å²) in [5, 5.41) is 12.0. The van der Waals surface area contributed by atoms with E-state index in [1.165, 1.54) is 25.7 Å². The Balaban J connectivity index is 1.63. The lowest BCUT2D eigenvalue weighted by atomic mass is 10.0. The molecule has 0 aromatic rings. The van der Waals surface area contributed by atoms with Crippen LogP contribution in [0.3, 0.4) is 0 Å². The Morgan fingerprint density at radius 3 is 2.56 bits per heavy atom. The van der Waals surface area contributed by atoms with Crippen molar-refractivity contribution in [3.63, 3.8) is 0 Å². The van der Waals surface area contributed by atoms with Crippen molar-refractivity contribution in [3.05, 3.63) is 0 Å². The van der Waals surface area contributed by atoms with Crippen LogP contribution in [0.15, 0.2) is 0 Å². The molecule has 0 atom stereocenters. The molecule has 0 spiro atoms. The minimum Gasteiger partial charge on any atom is -0.396 e. The van der Waals surface area contributed by atoms with Crippen LogP contribution in [0.4, 0.5) is 0 Å². The molecule has 16 heavy (non-hydrogen) atoms. The van der Waals surface area contributed by atoms with Crippen molar-refractivity contribution in [2.24, 2.45) is 11.3 Å². The molecule has 92 valence electrons. The van der Waals surface area contributed by atoms with Gasteiger partial charge in [0.2, 0.25) is 5.91 Å². The third-order valence-electron chi connectivity index (χ3n) is 4.21. The van der Waals surface area contributed by atoms with Crippen LogP contribution in [-0.2, 0) is 4.79 Å².